The van der Waals surface area contributed by atoms with Gasteiger partial charge in [-0.3, -0.25) is 10.1 Å². The minimum atomic E-state index is -1.18. The van der Waals surface area contributed by atoms with Crippen LogP contribution in [0.3, 0.4) is 0 Å². The van der Waals surface area contributed by atoms with Crippen LogP contribution in [0, 0.1) is 11.6 Å². The van der Waals surface area contributed by atoms with Crippen LogP contribution in [0.4, 0.5) is 19.3 Å². The number of hydrogen-bond donors (Lipinski definition) is 2. The number of urea groups is 1. The molecule has 0 bridgehead atoms. The number of hydrogen-bond acceptors (Lipinski definition) is 3. The molecule has 0 aromatic heterocycles. The molecule has 2 N–H and O–H groups in total. The van der Waals surface area contributed by atoms with Crippen molar-refractivity contribution in [3.63, 3.8) is 0 Å². The summed E-state index contributed by atoms with van der Waals surface area (Å²) in [4.78, 5) is 23.9. The zero-order valence-electron chi connectivity index (χ0n) is 15.8. The lowest BCUT2D eigenvalue weighted by Crippen LogP contribution is -2.35. The lowest BCUT2D eigenvalue weighted by atomic mass is 10.1. The summed E-state index contributed by atoms with van der Waals surface area (Å²) in [5, 5.41) is 4.94. The van der Waals surface area contributed by atoms with E-state index in [2.05, 4.69) is 5.32 Å². The highest BCUT2D eigenvalue weighted by Crippen LogP contribution is 2.24. The second-order valence-corrected chi connectivity index (χ2v) is 6.78. The molecule has 3 aromatic rings. The first kappa shape index (κ1) is 21.3. The molecule has 3 rings (SSSR count). The Hall–Kier alpha value is -3.45. The van der Waals surface area contributed by atoms with Crippen molar-refractivity contribution < 1.29 is 23.1 Å². The van der Waals surface area contributed by atoms with Gasteiger partial charge in [0.1, 0.15) is 29.1 Å². The molecule has 0 spiro atoms. The van der Waals surface area contributed by atoms with Gasteiger partial charge in [0.25, 0.3) is 5.91 Å². The van der Waals surface area contributed by atoms with Crippen molar-refractivity contribution in [1.82, 2.24) is 5.32 Å². The molecule has 0 fully saturated rings. The van der Waals surface area contributed by atoms with E-state index in [4.69, 9.17) is 16.3 Å². The van der Waals surface area contributed by atoms with Gasteiger partial charge < -0.3 is 10.1 Å². The Bertz CT molecular complexity index is 1040. The van der Waals surface area contributed by atoms with E-state index < -0.39 is 29.1 Å². The normalized spacial score (nSPS) is 11.5. The standard InChI is InChI=1S/C22H17ClF2N2O3/c1-13(14-5-7-15(23)8-6-14)30-17-11-9-16(10-12-17)26-22(29)27-21(28)20-18(24)3-2-4-19(20)25/h2-13H,1H3,(H2,26,27,28,29). The molecule has 154 valence electrons. The number of rotatable bonds is 5. The Labute approximate surface area is 176 Å². The van der Waals surface area contributed by atoms with Crippen molar-refractivity contribution in [2.24, 2.45) is 0 Å². The van der Waals surface area contributed by atoms with Crippen LogP contribution in [-0.2, 0) is 0 Å². The molecular formula is C22H17ClF2N2O3. The lowest BCUT2D eigenvalue weighted by molar-refractivity contribution is 0.0959. The van der Waals surface area contributed by atoms with E-state index in [9.17, 15) is 18.4 Å². The van der Waals surface area contributed by atoms with Crippen LogP contribution in [0.25, 0.3) is 0 Å². The van der Waals surface area contributed by atoms with Gasteiger partial charge in [0.2, 0.25) is 0 Å². The van der Waals surface area contributed by atoms with Crippen LogP contribution < -0.4 is 15.4 Å². The zero-order valence-corrected chi connectivity index (χ0v) is 16.5. The molecule has 3 amide bonds. The summed E-state index contributed by atoms with van der Waals surface area (Å²) in [5.74, 6) is -2.74. The Morgan fingerprint density at radius 3 is 2.13 bits per heavy atom. The Balaban J connectivity index is 1.58. The van der Waals surface area contributed by atoms with E-state index in [0.717, 1.165) is 23.8 Å². The minimum Gasteiger partial charge on any atom is -0.486 e. The summed E-state index contributed by atoms with van der Waals surface area (Å²) in [6.07, 6.45) is -0.224. The second-order valence-electron chi connectivity index (χ2n) is 6.34. The highest BCUT2D eigenvalue weighted by Gasteiger charge is 2.19. The molecule has 0 aliphatic rings. The van der Waals surface area contributed by atoms with E-state index >= 15 is 0 Å². The molecule has 5 nitrogen and oxygen atoms in total. The molecule has 0 aliphatic heterocycles. The third-order valence-electron chi connectivity index (χ3n) is 4.18. The molecule has 1 atom stereocenters. The molecule has 0 heterocycles. The number of carbonyl (C=O) groups is 2. The maximum absolute atomic E-state index is 13.6. The summed E-state index contributed by atoms with van der Waals surface area (Å²) in [6, 6.07) is 15.7. The Morgan fingerprint density at radius 1 is 0.933 bits per heavy atom. The van der Waals surface area contributed by atoms with Gasteiger partial charge in [0.05, 0.1) is 0 Å². The topological polar surface area (TPSA) is 67.4 Å². The lowest BCUT2D eigenvalue weighted by Gasteiger charge is -2.15. The fraction of sp³-hybridized carbons (Fsp3) is 0.0909. The van der Waals surface area contributed by atoms with Gasteiger partial charge >= 0.3 is 6.03 Å². The van der Waals surface area contributed by atoms with Gasteiger partial charge in [0.15, 0.2) is 0 Å². The van der Waals surface area contributed by atoms with Gasteiger partial charge in [-0.15, -0.1) is 0 Å². The van der Waals surface area contributed by atoms with E-state index in [-0.39, 0.29) is 6.10 Å². The Kier molecular flexibility index (Phi) is 6.64. The third-order valence-corrected chi connectivity index (χ3v) is 4.43. The number of amides is 3. The van der Waals surface area contributed by atoms with E-state index in [1.54, 1.807) is 36.4 Å². The molecular weight excluding hydrogens is 414 g/mol. The quantitative estimate of drug-likeness (QED) is 0.544. The van der Waals surface area contributed by atoms with Crippen LogP contribution >= 0.6 is 11.6 Å². The number of nitrogens with one attached hydrogen (secondary N) is 2. The van der Waals surface area contributed by atoms with Gasteiger partial charge in [0, 0.05) is 10.7 Å². The fourth-order valence-corrected chi connectivity index (χ4v) is 2.79. The van der Waals surface area contributed by atoms with Crippen LogP contribution in [0.2, 0.25) is 5.02 Å². The smallest absolute Gasteiger partial charge is 0.326 e. The SMILES string of the molecule is CC(Oc1ccc(NC(=O)NC(=O)c2c(F)cccc2F)cc1)c1ccc(Cl)cc1. The molecule has 1 unspecified atom stereocenters. The first-order valence-corrected chi connectivity index (χ1v) is 9.30. The van der Waals surface area contributed by atoms with Crippen LogP contribution in [0.15, 0.2) is 66.7 Å². The first-order chi connectivity index (χ1) is 14.3. The predicted octanol–water partition coefficient (Wildman–Crippen LogP) is 5.72. The van der Waals surface area contributed by atoms with Crippen molar-refractivity contribution in [3.8, 4) is 5.75 Å². The zero-order chi connectivity index (χ0) is 21.7. The van der Waals surface area contributed by atoms with Gasteiger partial charge in [-0.05, 0) is 61.0 Å². The Morgan fingerprint density at radius 2 is 1.53 bits per heavy atom. The fourth-order valence-electron chi connectivity index (χ4n) is 2.67. The number of anilines is 1. The van der Waals surface area contributed by atoms with Gasteiger partial charge in [-0.1, -0.05) is 29.8 Å². The molecule has 0 radical (unpaired) electrons. The molecule has 0 aliphatic carbocycles. The van der Waals surface area contributed by atoms with Crippen molar-refractivity contribution in [2.75, 3.05) is 5.32 Å². The van der Waals surface area contributed by atoms with Crippen molar-refractivity contribution >= 4 is 29.2 Å². The molecule has 0 saturated heterocycles. The summed E-state index contributed by atoms with van der Waals surface area (Å²) >= 11 is 5.88. The summed E-state index contributed by atoms with van der Waals surface area (Å²) in [7, 11) is 0. The highest BCUT2D eigenvalue weighted by molar-refractivity contribution is 6.30. The molecule has 3 aromatic carbocycles. The third kappa shape index (κ3) is 5.33. The highest BCUT2D eigenvalue weighted by atomic mass is 35.5. The maximum Gasteiger partial charge on any atom is 0.326 e. The first-order valence-electron chi connectivity index (χ1n) is 8.92. The molecule has 0 saturated carbocycles. The van der Waals surface area contributed by atoms with E-state index in [1.807, 2.05) is 24.4 Å². The van der Waals surface area contributed by atoms with Gasteiger partial charge in [-0.25, -0.2) is 13.6 Å². The number of ether oxygens (including phenoxy) is 1. The van der Waals surface area contributed by atoms with Crippen LogP contribution in [0.1, 0.15) is 28.9 Å². The van der Waals surface area contributed by atoms with Crippen molar-refractivity contribution in [3.05, 3.63) is 94.5 Å². The average molecular weight is 431 g/mol. The minimum absolute atomic E-state index is 0.224. The average Bonchev–Trinajstić information content (AvgIpc) is 2.69. The van der Waals surface area contributed by atoms with Crippen LogP contribution in [-0.4, -0.2) is 11.9 Å². The monoisotopic (exact) mass is 430 g/mol. The summed E-state index contributed by atoms with van der Waals surface area (Å²) < 4.78 is 33.1. The second kappa shape index (κ2) is 9.37. The summed E-state index contributed by atoms with van der Waals surface area (Å²) in [6.45, 7) is 1.89. The largest absolute Gasteiger partial charge is 0.486 e. The predicted molar refractivity (Wildman–Crippen MR) is 110 cm³/mol. The van der Waals surface area contributed by atoms with Crippen molar-refractivity contribution in [2.45, 2.75) is 13.0 Å². The molecule has 30 heavy (non-hydrogen) atoms. The van der Waals surface area contributed by atoms with E-state index in [1.165, 1.54) is 0 Å². The number of benzene rings is 3. The van der Waals surface area contributed by atoms with Crippen LogP contribution in [0.5, 0.6) is 5.75 Å². The maximum atomic E-state index is 13.6. The van der Waals surface area contributed by atoms with E-state index in [0.29, 0.717) is 16.5 Å². The number of halogens is 3. The van der Waals surface area contributed by atoms with Crippen molar-refractivity contribution in [1.29, 1.82) is 0 Å². The summed E-state index contributed by atoms with van der Waals surface area (Å²) in [5.41, 5.74) is 0.480. The molecule has 8 heteroatoms. The number of imide groups is 1. The number of carbonyl (C=O) groups excluding carboxylic acids is 2. The van der Waals surface area contributed by atoms with Gasteiger partial charge in [-0.2, -0.15) is 0 Å².